The van der Waals surface area contributed by atoms with E-state index in [0.717, 1.165) is 44.9 Å². The molecule has 1 saturated carbocycles. The number of hydrogen-bond donors (Lipinski definition) is 3. The quantitative estimate of drug-likeness (QED) is 0.399. The third-order valence-corrected chi connectivity index (χ3v) is 6.78. The zero-order valence-corrected chi connectivity index (χ0v) is 21.6. The van der Waals surface area contributed by atoms with Gasteiger partial charge in [-0.3, -0.25) is 0 Å². The lowest BCUT2D eigenvalue weighted by molar-refractivity contribution is 0.246. The lowest BCUT2D eigenvalue weighted by Crippen LogP contribution is -2.36. The first-order chi connectivity index (χ1) is 14.3. The van der Waals surface area contributed by atoms with Crippen molar-refractivity contribution in [2.24, 2.45) is 5.92 Å². The average molecular weight is 605 g/mol. The van der Waals surface area contributed by atoms with Gasteiger partial charge in [0.1, 0.15) is 5.82 Å². The molecule has 162 valence electrons. The van der Waals surface area contributed by atoms with E-state index in [4.69, 9.17) is 0 Å². The summed E-state index contributed by atoms with van der Waals surface area (Å²) < 4.78 is 2.55. The van der Waals surface area contributed by atoms with E-state index in [2.05, 4.69) is 73.7 Å². The maximum absolute atomic E-state index is 12.3. The summed E-state index contributed by atoms with van der Waals surface area (Å²) in [5, 5.41) is 9.35. The van der Waals surface area contributed by atoms with Crippen molar-refractivity contribution in [2.75, 3.05) is 36.2 Å². The summed E-state index contributed by atoms with van der Waals surface area (Å²) in [7, 11) is 3.93. The Kier molecular flexibility index (Phi) is 8.35. The molecule has 1 heterocycles. The van der Waals surface area contributed by atoms with E-state index in [-0.39, 0.29) is 6.03 Å². The number of carbonyl (C=O) groups is 1. The van der Waals surface area contributed by atoms with Crippen molar-refractivity contribution in [1.29, 1.82) is 0 Å². The number of aromatic nitrogens is 2. The van der Waals surface area contributed by atoms with Crippen LogP contribution in [0.3, 0.4) is 0 Å². The van der Waals surface area contributed by atoms with Crippen LogP contribution in [0, 0.1) is 5.92 Å². The standard InChI is InChI=1S/C20H25Br3N6O/c1-29(2)17-7-8-24-19(27-17)26-14-5-3-12(4-6-14)11-25-20(30)28-18-15(22)9-13(21)10-16(18)23/h7-10,12,14H,3-6,11H2,1-2H3,(H,24,26,27)(H2,25,28,30). The largest absolute Gasteiger partial charge is 0.363 e. The van der Waals surface area contributed by atoms with Crippen molar-refractivity contribution in [3.8, 4) is 0 Å². The maximum atomic E-state index is 12.3. The van der Waals surface area contributed by atoms with E-state index in [0.29, 0.717) is 30.1 Å². The fourth-order valence-corrected chi connectivity index (χ4v) is 5.87. The van der Waals surface area contributed by atoms with Gasteiger partial charge in [-0.25, -0.2) is 9.78 Å². The van der Waals surface area contributed by atoms with Crippen molar-refractivity contribution < 1.29 is 4.79 Å². The van der Waals surface area contributed by atoms with Gasteiger partial charge in [0.25, 0.3) is 0 Å². The fourth-order valence-electron chi connectivity index (χ4n) is 3.42. The van der Waals surface area contributed by atoms with Crippen LogP contribution in [-0.2, 0) is 0 Å². The van der Waals surface area contributed by atoms with Gasteiger partial charge in [0, 0.05) is 46.3 Å². The molecule has 0 bridgehead atoms. The molecule has 0 saturated heterocycles. The van der Waals surface area contributed by atoms with Crippen LogP contribution in [0.5, 0.6) is 0 Å². The first kappa shape index (κ1) is 23.3. The molecule has 2 aromatic rings. The predicted molar refractivity (Wildman–Crippen MR) is 132 cm³/mol. The first-order valence-corrected chi connectivity index (χ1v) is 12.2. The number of nitrogens with zero attached hydrogens (tertiary/aromatic N) is 3. The van der Waals surface area contributed by atoms with Gasteiger partial charge in [0.05, 0.1) is 5.69 Å². The third-order valence-electron chi connectivity index (χ3n) is 5.08. The number of hydrogen-bond acceptors (Lipinski definition) is 5. The molecular weight excluding hydrogens is 580 g/mol. The Morgan fingerprint density at radius 2 is 1.80 bits per heavy atom. The minimum Gasteiger partial charge on any atom is -0.363 e. The van der Waals surface area contributed by atoms with Crippen molar-refractivity contribution in [1.82, 2.24) is 15.3 Å². The summed E-state index contributed by atoms with van der Waals surface area (Å²) in [6.45, 7) is 0.664. The van der Waals surface area contributed by atoms with Crippen LogP contribution in [-0.4, -0.2) is 42.7 Å². The van der Waals surface area contributed by atoms with Crippen LogP contribution < -0.4 is 20.9 Å². The molecule has 10 heteroatoms. The molecule has 1 aliphatic rings. The van der Waals surface area contributed by atoms with Crippen LogP contribution in [0.2, 0.25) is 0 Å². The van der Waals surface area contributed by atoms with Gasteiger partial charge in [-0.2, -0.15) is 4.98 Å². The molecule has 1 aromatic carbocycles. The molecule has 30 heavy (non-hydrogen) atoms. The van der Waals surface area contributed by atoms with Gasteiger partial charge < -0.3 is 20.9 Å². The second kappa shape index (κ2) is 10.8. The number of halogens is 3. The molecule has 0 unspecified atom stereocenters. The molecule has 0 spiro atoms. The summed E-state index contributed by atoms with van der Waals surface area (Å²) in [5.74, 6) is 2.04. The SMILES string of the molecule is CN(C)c1ccnc(NC2CCC(CNC(=O)Nc3c(Br)cc(Br)cc3Br)CC2)n1. The number of anilines is 3. The van der Waals surface area contributed by atoms with Crippen molar-refractivity contribution >= 4 is 71.3 Å². The van der Waals surface area contributed by atoms with Crippen LogP contribution in [0.15, 0.2) is 37.8 Å². The predicted octanol–water partition coefficient (Wildman–Crippen LogP) is 5.62. The number of rotatable bonds is 6. The number of carbonyl (C=O) groups excluding carboxylic acids is 1. The first-order valence-electron chi connectivity index (χ1n) is 9.78. The van der Waals surface area contributed by atoms with Gasteiger partial charge in [-0.15, -0.1) is 0 Å². The van der Waals surface area contributed by atoms with E-state index < -0.39 is 0 Å². The van der Waals surface area contributed by atoms with E-state index in [9.17, 15) is 4.79 Å². The van der Waals surface area contributed by atoms with Crippen LogP contribution in [0.25, 0.3) is 0 Å². The number of nitrogens with one attached hydrogen (secondary N) is 3. The van der Waals surface area contributed by atoms with E-state index in [1.807, 2.05) is 37.2 Å². The molecule has 3 N–H and O–H groups in total. The number of urea groups is 1. The second-order valence-corrected chi connectivity index (χ2v) is 10.2. The molecule has 0 radical (unpaired) electrons. The lowest BCUT2D eigenvalue weighted by Gasteiger charge is -2.29. The van der Waals surface area contributed by atoms with Gasteiger partial charge in [-0.1, -0.05) is 15.9 Å². The number of benzene rings is 1. The fraction of sp³-hybridized carbons (Fsp3) is 0.450. The van der Waals surface area contributed by atoms with E-state index in [1.165, 1.54) is 0 Å². The van der Waals surface area contributed by atoms with Gasteiger partial charge in [0.15, 0.2) is 0 Å². The summed E-state index contributed by atoms with van der Waals surface area (Å²) in [4.78, 5) is 23.2. The minimum absolute atomic E-state index is 0.201. The highest BCUT2D eigenvalue weighted by molar-refractivity contribution is 9.11. The molecule has 3 rings (SSSR count). The van der Waals surface area contributed by atoms with Crippen molar-refractivity contribution in [3.63, 3.8) is 0 Å². The molecule has 0 aliphatic heterocycles. The smallest absolute Gasteiger partial charge is 0.319 e. The van der Waals surface area contributed by atoms with Crippen LogP contribution >= 0.6 is 47.8 Å². The van der Waals surface area contributed by atoms with E-state index in [1.54, 1.807) is 6.20 Å². The minimum atomic E-state index is -0.201. The topological polar surface area (TPSA) is 82.2 Å². The Morgan fingerprint density at radius 1 is 1.13 bits per heavy atom. The summed E-state index contributed by atoms with van der Waals surface area (Å²) in [6.07, 6.45) is 5.95. The van der Waals surface area contributed by atoms with Gasteiger partial charge >= 0.3 is 6.03 Å². The van der Waals surface area contributed by atoms with Crippen LogP contribution in [0.4, 0.5) is 22.2 Å². The Hall–Kier alpha value is -1.39. The van der Waals surface area contributed by atoms with Crippen molar-refractivity contribution in [3.05, 3.63) is 37.8 Å². The highest BCUT2D eigenvalue weighted by atomic mass is 79.9. The monoisotopic (exact) mass is 602 g/mol. The number of amides is 2. The molecule has 2 amide bonds. The zero-order valence-electron chi connectivity index (χ0n) is 16.9. The van der Waals surface area contributed by atoms with Gasteiger partial charge in [0.2, 0.25) is 5.95 Å². The Labute approximate surface area is 202 Å². The maximum Gasteiger partial charge on any atom is 0.319 e. The molecule has 7 nitrogen and oxygen atoms in total. The average Bonchev–Trinajstić information content (AvgIpc) is 2.70. The lowest BCUT2D eigenvalue weighted by atomic mass is 9.86. The Bertz CT molecular complexity index is 864. The van der Waals surface area contributed by atoms with Gasteiger partial charge in [-0.05, 0) is 81.7 Å². The zero-order chi connectivity index (χ0) is 21.7. The molecule has 0 atom stereocenters. The third kappa shape index (κ3) is 6.55. The van der Waals surface area contributed by atoms with Crippen LogP contribution in [0.1, 0.15) is 25.7 Å². The molecule has 1 aromatic heterocycles. The molecular formula is C20H25Br3N6O. The molecule has 1 fully saturated rings. The highest BCUT2D eigenvalue weighted by Crippen LogP contribution is 2.34. The Balaban J connectivity index is 1.43. The second-order valence-electron chi connectivity index (χ2n) is 7.57. The summed E-state index contributed by atoms with van der Waals surface area (Å²) >= 11 is 10.4. The highest BCUT2D eigenvalue weighted by Gasteiger charge is 2.22. The van der Waals surface area contributed by atoms with E-state index >= 15 is 0 Å². The normalized spacial score (nSPS) is 18.6. The summed E-state index contributed by atoms with van der Waals surface area (Å²) in [5.41, 5.74) is 0.712. The summed E-state index contributed by atoms with van der Waals surface area (Å²) in [6, 6.07) is 5.85. The molecule has 1 aliphatic carbocycles. The van der Waals surface area contributed by atoms with Crippen molar-refractivity contribution in [2.45, 2.75) is 31.7 Å². The Morgan fingerprint density at radius 3 is 2.43 bits per heavy atom.